The third-order valence-electron chi connectivity index (χ3n) is 3.15. The van der Waals surface area contributed by atoms with E-state index in [0.717, 1.165) is 11.6 Å². The number of rotatable bonds is 4. The van der Waals surface area contributed by atoms with Gasteiger partial charge in [-0.1, -0.05) is 54.6 Å². The highest BCUT2D eigenvalue weighted by Gasteiger charge is 2.39. The molecule has 2 unspecified atom stereocenters. The van der Waals surface area contributed by atoms with Gasteiger partial charge in [-0.2, -0.15) is 16.8 Å². The molecular weight excluding hydrogens is 328 g/mol. The zero-order chi connectivity index (χ0) is 16.4. The van der Waals surface area contributed by atoms with Crippen molar-refractivity contribution >= 4 is 26.3 Å². The van der Waals surface area contributed by atoms with Gasteiger partial charge in [-0.3, -0.25) is 9.11 Å². The molecular formula is C14H14O6S2. The summed E-state index contributed by atoms with van der Waals surface area (Å²) in [4.78, 5) is -0.750. The Kier molecular flexibility index (Phi) is 4.66. The van der Waals surface area contributed by atoms with Crippen molar-refractivity contribution in [1.29, 1.82) is 0 Å². The molecule has 118 valence electrons. The Morgan fingerprint density at radius 1 is 1.00 bits per heavy atom. The Morgan fingerprint density at radius 3 is 2.18 bits per heavy atom. The van der Waals surface area contributed by atoms with Crippen molar-refractivity contribution < 1.29 is 25.9 Å². The number of benzene rings is 1. The molecule has 0 heterocycles. The largest absolute Gasteiger partial charge is 0.292 e. The van der Waals surface area contributed by atoms with E-state index in [0.29, 0.717) is 0 Å². The van der Waals surface area contributed by atoms with E-state index in [4.69, 9.17) is 4.55 Å². The zero-order valence-corrected chi connectivity index (χ0v) is 12.9. The molecule has 1 aliphatic rings. The van der Waals surface area contributed by atoms with Gasteiger partial charge in [0.25, 0.3) is 20.2 Å². The molecule has 2 N–H and O–H groups in total. The summed E-state index contributed by atoms with van der Waals surface area (Å²) in [5, 5.41) is -1.77. The SMILES string of the molecule is O=S(=O)(O)C1=CC=CC(C=Cc2ccccc2)C1S(=O)(=O)O. The van der Waals surface area contributed by atoms with Crippen molar-refractivity contribution in [3.8, 4) is 0 Å². The van der Waals surface area contributed by atoms with Crippen molar-refractivity contribution in [1.82, 2.24) is 0 Å². The van der Waals surface area contributed by atoms with E-state index < -0.39 is 36.3 Å². The lowest BCUT2D eigenvalue weighted by Gasteiger charge is -2.23. The predicted molar refractivity (Wildman–Crippen MR) is 83.1 cm³/mol. The lowest BCUT2D eigenvalue weighted by Crippen LogP contribution is -2.34. The minimum absolute atomic E-state index is 0.750. The van der Waals surface area contributed by atoms with E-state index in [1.807, 2.05) is 6.07 Å². The van der Waals surface area contributed by atoms with Crippen LogP contribution in [0.4, 0.5) is 0 Å². The average molecular weight is 342 g/mol. The highest BCUT2D eigenvalue weighted by atomic mass is 32.2. The fraction of sp³-hybridized carbons (Fsp3) is 0.143. The fourth-order valence-electron chi connectivity index (χ4n) is 2.19. The molecule has 1 aliphatic carbocycles. The average Bonchev–Trinajstić information content (AvgIpc) is 2.44. The maximum Gasteiger partial charge on any atom is 0.292 e. The molecule has 2 atom stereocenters. The summed E-state index contributed by atoms with van der Waals surface area (Å²) in [7, 11) is -9.46. The van der Waals surface area contributed by atoms with Gasteiger partial charge in [-0.15, -0.1) is 0 Å². The lowest BCUT2D eigenvalue weighted by atomic mass is 9.98. The van der Waals surface area contributed by atoms with Crippen molar-refractivity contribution in [2.24, 2.45) is 5.92 Å². The quantitative estimate of drug-likeness (QED) is 0.809. The van der Waals surface area contributed by atoms with Gasteiger partial charge in [-0.25, -0.2) is 0 Å². The molecule has 0 fully saturated rings. The summed E-state index contributed by atoms with van der Waals surface area (Å²) in [6.45, 7) is 0. The minimum Gasteiger partial charge on any atom is -0.285 e. The molecule has 0 saturated carbocycles. The van der Waals surface area contributed by atoms with Crippen LogP contribution in [0.1, 0.15) is 5.56 Å². The number of hydrogen-bond donors (Lipinski definition) is 2. The van der Waals surface area contributed by atoms with E-state index >= 15 is 0 Å². The standard InChI is InChI=1S/C14H14O6S2/c15-21(16,17)13-8-4-7-12(14(13)22(18,19)20)10-9-11-5-2-1-3-6-11/h1-10,12,14H,(H,15,16,17)(H,18,19,20). The molecule has 0 radical (unpaired) electrons. The van der Waals surface area contributed by atoms with Gasteiger partial charge in [0.2, 0.25) is 0 Å². The van der Waals surface area contributed by atoms with Crippen LogP contribution in [-0.4, -0.2) is 31.2 Å². The van der Waals surface area contributed by atoms with Gasteiger partial charge < -0.3 is 0 Å². The lowest BCUT2D eigenvalue weighted by molar-refractivity contribution is 0.458. The fourth-order valence-corrected chi connectivity index (χ4v) is 4.58. The van der Waals surface area contributed by atoms with Crippen molar-refractivity contribution in [3.05, 3.63) is 65.1 Å². The first-order valence-corrected chi connectivity index (χ1v) is 9.19. The van der Waals surface area contributed by atoms with Gasteiger partial charge in [0.1, 0.15) is 5.25 Å². The highest BCUT2D eigenvalue weighted by Crippen LogP contribution is 2.30. The second-order valence-corrected chi connectivity index (χ2v) is 7.67. The molecule has 0 amide bonds. The van der Waals surface area contributed by atoms with Crippen LogP contribution in [-0.2, 0) is 20.2 Å². The van der Waals surface area contributed by atoms with Crippen molar-refractivity contribution in [2.75, 3.05) is 0 Å². The Labute approximate surface area is 129 Å². The predicted octanol–water partition coefficient (Wildman–Crippen LogP) is 1.91. The Bertz CT molecular complexity index is 833. The van der Waals surface area contributed by atoms with Gasteiger partial charge in [0.15, 0.2) is 0 Å². The van der Waals surface area contributed by atoms with Gasteiger partial charge in [0, 0.05) is 5.92 Å². The van der Waals surface area contributed by atoms with Gasteiger partial charge in [0.05, 0.1) is 4.91 Å². The monoisotopic (exact) mass is 342 g/mol. The molecule has 6 nitrogen and oxygen atoms in total. The Morgan fingerprint density at radius 2 is 1.64 bits per heavy atom. The second kappa shape index (κ2) is 6.17. The molecule has 8 heteroatoms. The summed E-state index contributed by atoms with van der Waals surface area (Å²) in [5.74, 6) is -0.919. The Hall–Kier alpha value is -1.74. The van der Waals surface area contributed by atoms with Crippen LogP contribution in [0.15, 0.2) is 59.5 Å². The van der Waals surface area contributed by atoms with E-state index in [1.54, 1.807) is 30.3 Å². The van der Waals surface area contributed by atoms with Gasteiger partial charge >= 0.3 is 0 Å². The van der Waals surface area contributed by atoms with Crippen LogP contribution in [0.2, 0.25) is 0 Å². The van der Waals surface area contributed by atoms with Crippen LogP contribution >= 0.6 is 0 Å². The first-order chi connectivity index (χ1) is 10.2. The zero-order valence-electron chi connectivity index (χ0n) is 11.3. The third kappa shape index (κ3) is 3.92. The van der Waals surface area contributed by atoms with E-state index in [-0.39, 0.29) is 0 Å². The molecule has 0 bridgehead atoms. The molecule has 0 spiro atoms. The number of allylic oxidation sites excluding steroid dienone is 4. The van der Waals surface area contributed by atoms with Crippen LogP contribution in [0.25, 0.3) is 6.08 Å². The van der Waals surface area contributed by atoms with E-state index in [9.17, 15) is 21.4 Å². The molecule has 0 saturated heterocycles. The first-order valence-electron chi connectivity index (χ1n) is 6.25. The summed E-state index contributed by atoms with van der Waals surface area (Å²) >= 11 is 0. The van der Waals surface area contributed by atoms with E-state index in [1.165, 1.54) is 18.2 Å². The molecule has 1 aromatic rings. The third-order valence-corrected chi connectivity index (χ3v) is 5.50. The Balaban J connectivity index is 2.42. The summed E-state index contributed by atoms with van der Waals surface area (Å²) in [5.41, 5.74) is 0.785. The first kappa shape index (κ1) is 16.6. The molecule has 2 rings (SSSR count). The normalized spacial score (nSPS) is 22.7. The molecule has 0 aromatic heterocycles. The molecule has 22 heavy (non-hydrogen) atoms. The van der Waals surface area contributed by atoms with Crippen molar-refractivity contribution in [3.63, 3.8) is 0 Å². The molecule has 0 aliphatic heterocycles. The summed E-state index contributed by atoms with van der Waals surface area (Å²) in [6.07, 6.45) is 6.79. The second-order valence-electron chi connectivity index (χ2n) is 4.71. The van der Waals surface area contributed by atoms with E-state index in [2.05, 4.69) is 0 Å². The maximum atomic E-state index is 11.5. The maximum absolute atomic E-state index is 11.5. The smallest absolute Gasteiger partial charge is 0.285 e. The minimum atomic E-state index is -4.74. The van der Waals surface area contributed by atoms with Crippen LogP contribution in [0.3, 0.4) is 0 Å². The topological polar surface area (TPSA) is 109 Å². The van der Waals surface area contributed by atoms with Gasteiger partial charge in [-0.05, 0) is 11.6 Å². The van der Waals surface area contributed by atoms with Crippen molar-refractivity contribution in [2.45, 2.75) is 5.25 Å². The van der Waals surface area contributed by atoms with Crippen LogP contribution in [0, 0.1) is 5.92 Å². The molecule has 1 aromatic carbocycles. The number of hydrogen-bond acceptors (Lipinski definition) is 4. The summed E-state index contributed by atoms with van der Waals surface area (Å²) < 4.78 is 64.2. The van der Waals surface area contributed by atoms with Crippen LogP contribution < -0.4 is 0 Å². The van der Waals surface area contributed by atoms with Crippen LogP contribution in [0.5, 0.6) is 0 Å². The summed E-state index contributed by atoms with van der Waals surface area (Å²) in [6, 6.07) is 8.97. The highest BCUT2D eigenvalue weighted by molar-refractivity contribution is 7.93.